The molecule has 0 atom stereocenters. The number of carbonyl (C=O) groups excluding carboxylic acids is 1. The molecule has 2 aliphatic rings. The number of nitrogens with zero attached hydrogens (tertiary/aromatic N) is 4. The highest BCUT2D eigenvalue weighted by Gasteiger charge is 2.35. The minimum Gasteiger partial charge on any atom is -0.369 e. The quantitative estimate of drug-likeness (QED) is 0.302. The number of hydrogen-bond donors (Lipinski definition) is 3. The minimum atomic E-state index is -2.61. The minimum absolute atomic E-state index is 0.0240. The Labute approximate surface area is 227 Å². The van der Waals surface area contributed by atoms with Crippen LogP contribution >= 0.6 is 34.8 Å². The lowest BCUT2D eigenvalue weighted by molar-refractivity contribution is -0.122. The molecule has 0 saturated heterocycles. The summed E-state index contributed by atoms with van der Waals surface area (Å²) in [6.45, 7) is 0. The van der Waals surface area contributed by atoms with E-state index in [9.17, 15) is 13.6 Å². The monoisotopic (exact) mass is 571 g/mol. The van der Waals surface area contributed by atoms with Gasteiger partial charge in [0, 0.05) is 35.9 Å². The first kappa shape index (κ1) is 26.2. The molecule has 3 aromatic rings. The summed E-state index contributed by atoms with van der Waals surface area (Å²) < 4.78 is 29.1. The van der Waals surface area contributed by atoms with E-state index in [1.165, 1.54) is 0 Å². The van der Waals surface area contributed by atoms with Crippen LogP contribution in [0.1, 0.15) is 57.4 Å². The van der Waals surface area contributed by atoms with Crippen molar-refractivity contribution < 1.29 is 13.6 Å². The molecule has 0 bridgehead atoms. The third-order valence-corrected chi connectivity index (χ3v) is 8.01. The van der Waals surface area contributed by atoms with Gasteiger partial charge in [0.25, 0.3) is 0 Å². The number of anilines is 3. The number of hydrogen-bond acceptors (Lipinski definition) is 6. The van der Waals surface area contributed by atoms with E-state index in [1.54, 1.807) is 18.3 Å². The van der Waals surface area contributed by atoms with Gasteiger partial charge in [0.2, 0.25) is 23.7 Å². The Kier molecular flexibility index (Phi) is 7.35. The zero-order chi connectivity index (χ0) is 26.3. The Bertz CT molecular complexity index is 1290. The number of alkyl halides is 2. The van der Waals surface area contributed by atoms with Crippen molar-refractivity contribution in [2.75, 3.05) is 10.6 Å². The average molecular weight is 573 g/mol. The van der Waals surface area contributed by atoms with Crippen LogP contribution in [-0.2, 0) is 4.79 Å². The summed E-state index contributed by atoms with van der Waals surface area (Å²) in [6, 6.07) is 3.00. The van der Waals surface area contributed by atoms with E-state index in [2.05, 4.69) is 15.6 Å². The van der Waals surface area contributed by atoms with E-state index in [-0.39, 0.29) is 36.8 Å². The molecule has 1 aromatic carbocycles. The van der Waals surface area contributed by atoms with Gasteiger partial charge in [-0.2, -0.15) is 4.98 Å². The molecule has 5 rings (SSSR count). The maximum absolute atomic E-state index is 13.6. The standard InChI is InChI=1S/C24H26Cl3F2N7O/c25-13-9-16(26)19(17(27)10-13)34-23-33-18-11-31-22(32-14-5-7-24(28,29)8-6-14)35-21(18)36(23)15-3-1-12(2-4-15)20(30)37/h9-12,14-15H,1-8H2,(H2,30,37)(H,33,34)(H,31,32,35)/t12-,15-. The van der Waals surface area contributed by atoms with Gasteiger partial charge in [-0.1, -0.05) is 34.8 Å². The molecule has 2 heterocycles. The molecule has 13 heteroatoms. The van der Waals surface area contributed by atoms with Gasteiger partial charge in [0.1, 0.15) is 5.52 Å². The van der Waals surface area contributed by atoms with E-state index >= 15 is 0 Å². The van der Waals surface area contributed by atoms with Crippen LogP contribution in [0.25, 0.3) is 11.2 Å². The molecule has 4 N–H and O–H groups in total. The number of primary amides is 1. The number of fused-ring (bicyclic) bond motifs is 1. The number of halogens is 5. The number of nitrogens with two attached hydrogens (primary N) is 1. The number of carbonyl (C=O) groups is 1. The number of imidazole rings is 1. The average Bonchev–Trinajstić information content (AvgIpc) is 3.20. The zero-order valence-electron chi connectivity index (χ0n) is 19.8. The highest BCUT2D eigenvalue weighted by atomic mass is 35.5. The van der Waals surface area contributed by atoms with E-state index in [4.69, 9.17) is 50.5 Å². The van der Waals surface area contributed by atoms with Crippen LogP contribution in [0.4, 0.5) is 26.4 Å². The molecular weight excluding hydrogens is 547 g/mol. The van der Waals surface area contributed by atoms with Gasteiger partial charge in [0.15, 0.2) is 5.65 Å². The number of aromatic nitrogens is 4. The summed E-state index contributed by atoms with van der Waals surface area (Å²) in [4.78, 5) is 25.5. The second-order valence-electron chi connectivity index (χ2n) is 9.76. The predicted molar refractivity (Wildman–Crippen MR) is 141 cm³/mol. The molecule has 0 unspecified atom stereocenters. The van der Waals surface area contributed by atoms with E-state index < -0.39 is 5.92 Å². The predicted octanol–water partition coefficient (Wildman–Crippen LogP) is 6.74. The molecule has 198 valence electrons. The lowest BCUT2D eigenvalue weighted by Gasteiger charge is -2.29. The van der Waals surface area contributed by atoms with Gasteiger partial charge in [-0.3, -0.25) is 9.36 Å². The fourth-order valence-corrected chi connectivity index (χ4v) is 6.06. The maximum atomic E-state index is 13.6. The third kappa shape index (κ3) is 5.71. The summed E-state index contributed by atoms with van der Waals surface area (Å²) in [7, 11) is 0. The van der Waals surface area contributed by atoms with Crippen LogP contribution < -0.4 is 16.4 Å². The van der Waals surface area contributed by atoms with Gasteiger partial charge >= 0.3 is 0 Å². The van der Waals surface area contributed by atoms with Crippen LogP contribution in [0, 0.1) is 5.92 Å². The van der Waals surface area contributed by atoms with E-state index in [1.807, 2.05) is 4.57 Å². The normalized spacial score (nSPS) is 22.2. The Morgan fingerprint density at radius 3 is 2.30 bits per heavy atom. The fraction of sp³-hybridized carbons (Fsp3) is 0.500. The summed E-state index contributed by atoms with van der Waals surface area (Å²) in [5.74, 6) is -2.26. The molecule has 2 fully saturated rings. The Morgan fingerprint density at radius 2 is 1.68 bits per heavy atom. The molecule has 2 saturated carbocycles. The van der Waals surface area contributed by atoms with Crippen LogP contribution in [0.2, 0.25) is 15.1 Å². The van der Waals surface area contributed by atoms with Gasteiger partial charge in [-0.25, -0.2) is 18.7 Å². The van der Waals surface area contributed by atoms with Gasteiger partial charge < -0.3 is 16.4 Å². The Morgan fingerprint density at radius 1 is 1.03 bits per heavy atom. The summed E-state index contributed by atoms with van der Waals surface area (Å²) in [6.07, 6.45) is 4.64. The maximum Gasteiger partial charge on any atom is 0.248 e. The highest BCUT2D eigenvalue weighted by molar-refractivity contribution is 6.41. The van der Waals surface area contributed by atoms with Crippen molar-refractivity contribution in [3.8, 4) is 0 Å². The van der Waals surface area contributed by atoms with Gasteiger partial charge in [0.05, 0.1) is 21.9 Å². The topological polar surface area (TPSA) is 111 Å². The molecule has 2 aromatic heterocycles. The molecule has 2 aliphatic carbocycles. The molecule has 0 spiro atoms. The molecule has 1 amide bonds. The van der Waals surface area contributed by atoms with E-state index in [0.717, 1.165) is 0 Å². The van der Waals surface area contributed by atoms with Crippen molar-refractivity contribution in [3.05, 3.63) is 33.4 Å². The fourth-order valence-electron chi connectivity index (χ4n) is 5.15. The largest absolute Gasteiger partial charge is 0.369 e. The van der Waals surface area contributed by atoms with Crippen LogP contribution in [0.15, 0.2) is 18.3 Å². The number of nitrogens with one attached hydrogen (secondary N) is 2. The van der Waals surface area contributed by atoms with Crippen LogP contribution in [0.5, 0.6) is 0 Å². The van der Waals surface area contributed by atoms with Crippen molar-refractivity contribution in [1.29, 1.82) is 0 Å². The summed E-state index contributed by atoms with van der Waals surface area (Å²) in [5, 5.41) is 7.51. The lowest BCUT2D eigenvalue weighted by Crippen LogP contribution is -2.32. The zero-order valence-corrected chi connectivity index (χ0v) is 22.1. The molecule has 37 heavy (non-hydrogen) atoms. The van der Waals surface area contributed by atoms with Crippen molar-refractivity contribution in [3.63, 3.8) is 0 Å². The van der Waals surface area contributed by atoms with Crippen LogP contribution in [0.3, 0.4) is 0 Å². The van der Waals surface area contributed by atoms with Crippen molar-refractivity contribution >= 4 is 69.5 Å². The van der Waals surface area contributed by atoms with Crippen LogP contribution in [-0.4, -0.2) is 37.4 Å². The number of rotatable bonds is 6. The summed E-state index contributed by atoms with van der Waals surface area (Å²) in [5.41, 5.74) is 7.10. The first-order valence-electron chi connectivity index (χ1n) is 12.2. The first-order valence-corrected chi connectivity index (χ1v) is 13.3. The Balaban J connectivity index is 1.49. The van der Waals surface area contributed by atoms with Gasteiger partial charge in [-0.05, 0) is 50.7 Å². The second-order valence-corrected chi connectivity index (χ2v) is 11.0. The van der Waals surface area contributed by atoms with E-state index in [0.29, 0.717) is 82.3 Å². The van der Waals surface area contributed by atoms with Crippen molar-refractivity contribution in [2.24, 2.45) is 11.7 Å². The lowest BCUT2D eigenvalue weighted by atomic mass is 9.85. The number of benzene rings is 1. The first-order chi connectivity index (χ1) is 17.6. The molecule has 0 aliphatic heterocycles. The van der Waals surface area contributed by atoms with Gasteiger partial charge in [-0.15, -0.1) is 0 Å². The third-order valence-electron chi connectivity index (χ3n) is 7.19. The smallest absolute Gasteiger partial charge is 0.248 e. The molecule has 0 radical (unpaired) electrons. The molecular formula is C24H26Cl3F2N7O. The SMILES string of the molecule is NC(=O)[C@H]1CC[C@H](n2c(Nc3c(Cl)cc(Cl)cc3Cl)nc3cnc(NC4CCC(F)(F)CC4)nc32)CC1. The van der Waals surface area contributed by atoms with Crippen molar-refractivity contribution in [1.82, 2.24) is 19.5 Å². The number of amides is 1. The Hall–Kier alpha value is -2.43. The second kappa shape index (κ2) is 10.4. The summed E-state index contributed by atoms with van der Waals surface area (Å²) >= 11 is 18.9. The van der Waals surface area contributed by atoms with Crippen molar-refractivity contribution in [2.45, 2.75) is 69.4 Å². The molecule has 8 nitrogen and oxygen atoms in total. The highest BCUT2D eigenvalue weighted by Crippen LogP contribution is 2.40.